The number of carbonyl (C=O) groups is 4. The average Bonchev–Trinajstić information content (AvgIpc) is 3.62. The molecule has 1 amide bonds. The molecule has 1 saturated carbocycles. The molecule has 3 heterocycles. The second-order valence-corrected chi connectivity index (χ2v) is 15.4. The highest BCUT2D eigenvalue weighted by molar-refractivity contribution is 6.62. The zero-order valence-electron chi connectivity index (χ0n) is 29.2. The molecular formula is C37H54ClN3O6. The molecule has 1 saturated heterocycles. The van der Waals surface area contributed by atoms with Gasteiger partial charge in [0.1, 0.15) is 11.5 Å². The minimum atomic E-state index is -0.361. The Hall–Kier alpha value is -2.81. The number of Topliss-reactive ketones (excluding diaryl/α,β-unsaturated/α-hetero) is 2. The van der Waals surface area contributed by atoms with E-state index in [0.29, 0.717) is 48.3 Å². The van der Waals surface area contributed by atoms with Crippen LogP contribution in [-0.4, -0.2) is 51.0 Å². The third kappa shape index (κ3) is 10.1. The molecule has 9 nitrogen and oxygen atoms in total. The number of fused-ring (bicyclic) bond motifs is 2. The molecule has 0 spiro atoms. The highest BCUT2D eigenvalue weighted by Gasteiger charge is 2.35. The van der Waals surface area contributed by atoms with E-state index in [1.165, 1.54) is 39.0 Å². The summed E-state index contributed by atoms with van der Waals surface area (Å²) in [5, 5.41) is 8.04. The third-order valence-electron chi connectivity index (χ3n) is 10.6. The van der Waals surface area contributed by atoms with E-state index in [4.69, 9.17) is 9.05 Å². The maximum absolute atomic E-state index is 12.5. The molecule has 0 N–H and O–H groups in total. The molecular weight excluding hydrogens is 618 g/mol. The van der Waals surface area contributed by atoms with E-state index in [2.05, 4.69) is 49.6 Å². The number of aromatic nitrogens is 2. The van der Waals surface area contributed by atoms with E-state index < -0.39 is 0 Å². The maximum atomic E-state index is 12.5. The number of carbonyl (C=O) groups excluding carboxylic acids is 4. The summed E-state index contributed by atoms with van der Waals surface area (Å²) in [7, 11) is 0. The van der Waals surface area contributed by atoms with Gasteiger partial charge in [-0.15, -0.1) is 0 Å². The molecule has 47 heavy (non-hydrogen) atoms. The van der Waals surface area contributed by atoms with Crippen molar-refractivity contribution in [1.29, 1.82) is 0 Å². The first-order chi connectivity index (χ1) is 22.3. The smallest absolute Gasteiger partial charge is 0.219 e. The van der Waals surface area contributed by atoms with Gasteiger partial charge in [-0.1, -0.05) is 70.1 Å². The van der Waals surface area contributed by atoms with Gasteiger partial charge >= 0.3 is 0 Å². The standard InChI is InChI=1S/C18H26N2O3.C17H25NO2.C2H3ClO/c1-11(2)14-9-15-18(16(22)10-14)17(23-19-15)8-13-4-6-20(7-5-13)12(3)21;1-11(2)13-9-14-17(15(19)10-13)16(20-18-14)8-12-6-4-3-5-7-12;1-2(3)4/h11,13-14H,4-10H2,1-3H3;11-13H,3-10H2,1-2H3;1H3. The number of piperidine rings is 1. The Morgan fingerprint density at radius 2 is 1.13 bits per heavy atom. The van der Waals surface area contributed by atoms with Crippen LogP contribution in [0.15, 0.2) is 9.05 Å². The summed E-state index contributed by atoms with van der Waals surface area (Å²) in [6.07, 6.45) is 13.2. The van der Waals surface area contributed by atoms with Crippen LogP contribution >= 0.6 is 11.6 Å². The fraction of sp³-hybridized carbons (Fsp3) is 0.730. The van der Waals surface area contributed by atoms with Gasteiger partial charge in [-0.05, 0) is 72.8 Å². The van der Waals surface area contributed by atoms with E-state index in [1.807, 2.05) is 4.90 Å². The van der Waals surface area contributed by atoms with Gasteiger partial charge in [0, 0.05) is 52.6 Å². The average molecular weight is 672 g/mol. The molecule has 10 heteroatoms. The Bertz CT molecular complexity index is 1380. The molecule has 2 unspecified atom stereocenters. The summed E-state index contributed by atoms with van der Waals surface area (Å²) < 4.78 is 11.1. The Morgan fingerprint density at radius 1 is 0.723 bits per heavy atom. The van der Waals surface area contributed by atoms with E-state index in [9.17, 15) is 19.2 Å². The van der Waals surface area contributed by atoms with Crippen LogP contribution in [0.2, 0.25) is 0 Å². The first kappa shape index (κ1) is 37.0. The van der Waals surface area contributed by atoms with Crippen molar-refractivity contribution in [2.24, 2.45) is 35.5 Å². The number of hydrogen-bond acceptors (Lipinski definition) is 8. The molecule has 0 bridgehead atoms. The van der Waals surface area contributed by atoms with Crippen LogP contribution in [0.25, 0.3) is 0 Å². The van der Waals surface area contributed by atoms with E-state index in [-0.39, 0.29) is 22.7 Å². The highest BCUT2D eigenvalue weighted by Crippen LogP contribution is 2.35. The maximum Gasteiger partial charge on any atom is 0.219 e. The lowest BCUT2D eigenvalue weighted by atomic mass is 9.78. The number of halogens is 1. The van der Waals surface area contributed by atoms with E-state index in [0.717, 1.165) is 85.6 Å². The van der Waals surface area contributed by atoms with Crippen molar-refractivity contribution in [3.63, 3.8) is 0 Å². The Morgan fingerprint density at radius 3 is 1.51 bits per heavy atom. The summed E-state index contributed by atoms with van der Waals surface area (Å²) in [6.45, 7) is 13.2. The SMILES string of the molecule is CC(=O)Cl.CC(=O)N1CCC(Cc2onc3c2C(=O)CC(C(C)C)C3)CC1.CC(C)C1CC(=O)c2c(noc2CC2CCCCC2)C1. The molecule has 1 aliphatic heterocycles. The van der Waals surface area contributed by atoms with Crippen molar-refractivity contribution >= 4 is 34.3 Å². The van der Waals surface area contributed by atoms with Crippen LogP contribution in [0, 0.1) is 35.5 Å². The Balaban J connectivity index is 0.000000193. The first-order valence-corrected chi connectivity index (χ1v) is 18.1. The fourth-order valence-corrected chi connectivity index (χ4v) is 7.55. The lowest BCUT2D eigenvalue weighted by molar-refractivity contribution is -0.130. The second kappa shape index (κ2) is 17.0. The van der Waals surface area contributed by atoms with Crippen molar-refractivity contribution < 1.29 is 28.2 Å². The van der Waals surface area contributed by atoms with Crippen molar-refractivity contribution in [2.75, 3.05) is 13.1 Å². The minimum absolute atomic E-state index is 0.149. The van der Waals surface area contributed by atoms with Crippen LogP contribution in [0.3, 0.4) is 0 Å². The van der Waals surface area contributed by atoms with E-state index in [1.54, 1.807) is 6.92 Å². The fourth-order valence-electron chi connectivity index (χ4n) is 7.55. The number of likely N-dealkylation sites (tertiary alicyclic amines) is 1. The highest BCUT2D eigenvalue weighted by atomic mass is 35.5. The number of nitrogens with zero attached hydrogens (tertiary/aromatic N) is 3. The van der Waals surface area contributed by atoms with Gasteiger partial charge in [0.15, 0.2) is 11.6 Å². The number of amides is 1. The van der Waals surface area contributed by atoms with Gasteiger partial charge < -0.3 is 13.9 Å². The molecule has 0 radical (unpaired) electrons. The van der Waals surface area contributed by atoms with Crippen LogP contribution in [0.5, 0.6) is 0 Å². The van der Waals surface area contributed by atoms with Crippen LogP contribution in [-0.2, 0) is 35.3 Å². The van der Waals surface area contributed by atoms with Crippen LogP contribution in [0.1, 0.15) is 143 Å². The molecule has 6 rings (SSSR count). The molecule has 2 aromatic rings. The zero-order valence-corrected chi connectivity index (χ0v) is 30.0. The Labute approximate surface area is 284 Å². The summed E-state index contributed by atoms with van der Waals surface area (Å²) in [5.74, 6) is 5.25. The quantitative estimate of drug-likeness (QED) is 0.285. The summed E-state index contributed by atoms with van der Waals surface area (Å²) in [6, 6.07) is 0. The van der Waals surface area contributed by atoms with Crippen molar-refractivity contribution in [2.45, 2.75) is 125 Å². The van der Waals surface area contributed by atoms with Crippen molar-refractivity contribution in [3.05, 3.63) is 34.0 Å². The van der Waals surface area contributed by atoms with Gasteiger partial charge in [0.25, 0.3) is 0 Å². The predicted molar refractivity (Wildman–Crippen MR) is 180 cm³/mol. The summed E-state index contributed by atoms with van der Waals surface area (Å²) in [4.78, 5) is 47.4. The molecule has 2 aromatic heterocycles. The normalized spacial score (nSPS) is 21.9. The second-order valence-electron chi connectivity index (χ2n) is 14.9. The molecule has 4 aliphatic rings. The van der Waals surface area contributed by atoms with Crippen LogP contribution < -0.4 is 0 Å². The molecule has 2 atom stereocenters. The zero-order chi connectivity index (χ0) is 34.2. The molecule has 260 valence electrons. The minimum Gasteiger partial charge on any atom is -0.360 e. The largest absolute Gasteiger partial charge is 0.360 e. The lowest BCUT2D eigenvalue weighted by Gasteiger charge is -2.31. The first-order valence-electron chi connectivity index (χ1n) is 17.8. The van der Waals surface area contributed by atoms with Crippen molar-refractivity contribution in [3.8, 4) is 0 Å². The number of rotatable bonds is 6. The monoisotopic (exact) mass is 671 g/mol. The van der Waals surface area contributed by atoms with Gasteiger partial charge in [0.05, 0.1) is 22.5 Å². The van der Waals surface area contributed by atoms with Gasteiger partial charge in [0.2, 0.25) is 11.1 Å². The molecule has 2 fully saturated rings. The third-order valence-corrected chi connectivity index (χ3v) is 10.6. The predicted octanol–water partition coefficient (Wildman–Crippen LogP) is 7.85. The lowest BCUT2D eigenvalue weighted by Crippen LogP contribution is -2.37. The summed E-state index contributed by atoms with van der Waals surface area (Å²) in [5.41, 5.74) is 3.38. The van der Waals surface area contributed by atoms with Gasteiger partial charge in [-0.2, -0.15) is 0 Å². The van der Waals surface area contributed by atoms with Crippen molar-refractivity contribution in [1.82, 2.24) is 15.2 Å². The molecule has 0 aromatic carbocycles. The summed E-state index contributed by atoms with van der Waals surface area (Å²) >= 11 is 4.64. The Kier molecular flexibility index (Phi) is 13.4. The van der Waals surface area contributed by atoms with E-state index >= 15 is 0 Å². The van der Waals surface area contributed by atoms with Gasteiger partial charge in [-0.3, -0.25) is 19.2 Å². The van der Waals surface area contributed by atoms with Gasteiger partial charge in [-0.25, -0.2) is 0 Å². The number of hydrogen-bond donors (Lipinski definition) is 0. The topological polar surface area (TPSA) is 124 Å². The molecule has 3 aliphatic carbocycles. The number of ketones is 2. The van der Waals surface area contributed by atoms with Crippen LogP contribution in [0.4, 0.5) is 0 Å².